The van der Waals surface area contributed by atoms with Crippen LogP contribution in [0.3, 0.4) is 0 Å². The highest BCUT2D eigenvalue weighted by atomic mass is 127. The van der Waals surface area contributed by atoms with Gasteiger partial charge in [-0.2, -0.15) is 0 Å². The van der Waals surface area contributed by atoms with Gasteiger partial charge in [0.2, 0.25) is 0 Å². The van der Waals surface area contributed by atoms with Gasteiger partial charge in [0.15, 0.2) is 0 Å². The highest BCUT2D eigenvalue weighted by Crippen LogP contribution is 2.35. The molecule has 2 fully saturated rings. The first-order chi connectivity index (χ1) is 6.35. The van der Waals surface area contributed by atoms with Crippen LogP contribution in [-0.2, 0) is 4.74 Å². The summed E-state index contributed by atoms with van der Waals surface area (Å²) in [6.45, 7) is 5.82. The maximum atomic E-state index is 5.81. The first kappa shape index (κ1) is 10.2. The van der Waals surface area contributed by atoms with Gasteiger partial charge in [0.25, 0.3) is 0 Å². The molecule has 0 aromatic heterocycles. The summed E-state index contributed by atoms with van der Waals surface area (Å²) in [6, 6.07) is 0. The van der Waals surface area contributed by atoms with Gasteiger partial charge < -0.3 is 4.74 Å². The van der Waals surface area contributed by atoms with E-state index in [1.54, 1.807) is 0 Å². The summed E-state index contributed by atoms with van der Waals surface area (Å²) in [5, 5.41) is 0. The van der Waals surface area contributed by atoms with Crippen molar-refractivity contribution in [3.05, 3.63) is 0 Å². The van der Waals surface area contributed by atoms with E-state index < -0.39 is 0 Å². The van der Waals surface area contributed by atoms with E-state index in [1.807, 2.05) is 0 Å². The maximum absolute atomic E-state index is 5.81. The second-order valence-corrected chi connectivity index (χ2v) is 4.87. The minimum absolute atomic E-state index is 0.552. The molecule has 0 aliphatic carbocycles. The number of hydrogen-bond acceptors (Lipinski definition) is 2. The molecule has 2 aliphatic heterocycles. The number of alkyl halides is 1. The Morgan fingerprint density at radius 1 is 1.54 bits per heavy atom. The van der Waals surface area contributed by atoms with Gasteiger partial charge in [-0.15, -0.1) is 0 Å². The number of hydrogen-bond donors (Lipinski definition) is 0. The SMILES string of the molecule is CCC1OCC2CCN(CI)CC21. The molecule has 0 amide bonds. The van der Waals surface area contributed by atoms with Crippen LogP contribution in [0.15, 0.2) is 0 Å². The van der Waals surface area contributed by atoms with E-state index in [9.17, 15) is 0 Å². The van der Waals surface area contributed by atoms with Crippen molar-refractivity contribution in [1.29, 1.82) is 0 Å². The number of rotatable bonds is 2. The van der Waals surface area contributed by atoms with Crippen LogP contribution in [0.1, 0.15) is 19.8 Å². The zero-order chi connectivity index (χ0) is 9.26. The lowest BCUT2D eigenvalue weighted by Crippen LogP contribution is -2.41. The number of ether oxygens (including phenoxy) is 1. The van der Waals surface area contributed by atoms with E-state index >= 15 is 0 Å². The van der Waals surface area contributed by atoms with E-state index in [0.717, 1.165) is 18.4 Å². The van der Waals surface area contributed by atoms with Crippen molar-refractivity contribution in [3.8, 4) is 0 Å². The van der Waals surface area contributed by atoms with Gasteiger partial charge in [-0.25, -0.2) is 0 Å². The average Bonchev–Trinajstić information content (AvgIpc) is 2.59. The summed E-state index contributed by atoms with van der Waals surface area (Å²) in [6.07, 6.45) is 3.09. The first-order valence-corrected chi connectivity index (χ1v) is 6.77. The highest BCUT2D eigenvalue weighted by molar-refractivity contribution is 14.1. The summed E-state index contributed by atoms with van der Waals surface area (Å²) in [5.41, 5.74) is 0. The monoisotopic (exact) mass is 295 g/mol. The zero-order valence-corrected chi connectivity index (χ0v) is 10.4. The fourth-order valence-corrected chi connectivity index (χ4v) is 3.25. The average molecular weight is 295 g/mol. The quantitative estimate of drug-likeness (QED) is 0.439. The second kappa shape index (κ2) is 4.45. The Morgan fingerprint density at radius 2 is 2.38 bits per heavy atom. The lowest BCUT2D eigenvalue weighted by atomic mass is 9.84. The van der Waals surface area contributed by atoms with Crippen molar-refractivity contribution >= 4 is 22.6 Å². The van der Waals surface area contributed by atoms with Crippen molar-refractivity contribution < 1.29 is 4.74 Å². The zero-order valence-electron chi connectivity index (χ0n) is 8.21. The Hall–Kier alpha value is 0.650. The van der Waals surface area contributed by atoms with Crippen LogP contribution in [0, 0.1) is 11.8 Å². The van der Waals surface area contributed by atoms with Crippen molar-refractivity contribution in [1.82, 2.24) is 4.90 Å². The van der Waals surface area contributed by atoms with Gasteiger partial charge in [0, 0.05) is 12.5 Å². The van der Waals surface area contributed by atoms with Crippen LogP contribution in [0.5, 0.6) is 0 Å². The van der Waals surface area contributed by atoms with Crippen molar-refractivity contribution in [2.75, 3.05) is 24.2 Å². The molecule has 76 valence electrons. The molecule has 0 N–H and O–H groups in total. The first-order valence-electron chi connectivity index (χ1n) is 5.25. The van der Waals surface area contributed by atoms with Crippen molar-refractivity contribution in [3.63, 3.8) is 0 Å². The van der Waals surface area contributed by atoms with Crippen LogP contribution in [0.2, 0.25) is 0 Å². The number of likely N-dealkylation sites (tertiary alicyclic amines) is 1. The molecule has 2 aliphatic rings. The molecular weight excluding hydrogens is 277 g/mol. The van der Waals surface area contributed by atoms with Crippen LogP contribution < -0.4 is 0 Å². The fraction of sp³-hybridized carbons (Fsp3) is 1.00. The molecule has 3 unspecified atom stereocenters. The van der Waals surface area contributed by atoms with E-state index in [0.29, 0.717) is 6.10 Å². The topological polar surface area (TPSA) is 12.5 Å². The molecule has 0 radical (unpaired) electrons. The molecule has 0 spiro atoms. The summed E-state index contributed by atoms with van der Waals surface area (Å²) >= 11 is 2.46. The number of fused-ring (bicyclic) bond motifs is 1. The van der Waals surface area contributed by atoms with E-state index in [-0.39, 0.29) is 0 Å². The molecule has 0 bridgehead atoms. The van der Waals surface area contributed by atoms with E-state index in [4.69, 9.17) is 4.74 Å². The lowest BCUT2D eigenvalue weighted by Gasteiger charge is -2.34. The summed E-state index contributed by atoms with van der Waals surface area (Å²) < 4.78 is 6.99. The Balaban J connectivity index is 1.96. The summed E-state index contributed by atoms with van der Waals surface area (Å²) in [7, 11) is 0. The number of nitrogens with zero attached hydrogens (tertiary/aromatic N) is 1. The minimum Gasteiger partial charge on any atom is -0.378 e. The van der Waals surface area contributed by atoms with Gasteiger partial charge in [0.05, 0.1) is 17.3 Å². The number of piperidine rings is 1. The smallest absolute Gasteiger partial charge is 0.0616 e. The molecule has 2 rings (SSSR count). The van der Waals surface area contributed by atoms with Crippen molar-refractivity contribution in [2.24, 2.45) is 11.8 Å². The molecule has 0 saturated carbocycles. The number of halogens is 1. The molecule has 2 nitrogen and oxygen atoms in total. The molecule has 0 aromatic rings. The minimum atomic E-state index is 0.552. The largest absolute Gasteiger partial charge is 0.378 e. The van der Waals surface area contributed by atoms with Gasteiger partial charge in [-0.05, 0) is 25.3 Å². The Bertz CT molecular complexity index is 170. The Labute approximate surface area is 94.1 Å². The molecule has 13 heavy (non-hydrogen) atoms. The lowest BCUT2D eigenvalue weighted by molar-refractivity contribution is 0.0774. The predicted octanol–water partition coefficient (Wildman–Crippen LogP) is 2.13. The van der Waals surface area contributed by atoms with Gasteiger partial charge >= 0.3 is 0 Å². The normalized spacial score (nSPS) is 40.6. The Morgan fingerprint density at radius 3 is 3.08 bits per heavy atom. The predicted molar refractivity (Wildman–Crippen MR) is 62.1 cm³/mol. The highest BCUT2D eigenvalue weighted by Gasteiger charge is 2.39. The van der Waals surface area contributed by atoms with Gasteiger partial charge in [-0.1, -0.05) is 29.5 Å². The summed E-state index contributed by atoms with van der Waals surface area (Å²) in [4.78, 5) is 2.55. The molecule has 0 aromatic carbocycles. The molecule has 2 heterocycles. The Kier molecular flexibility index (Phi) is 3.48. The van der Waals surface area contributed by atoms with Gasteiger partial charge in [0.1, 0.15) is 0 Å². The van der Waals surface area contributed by atoms with Crippen LogP contribution in [-0.4, -0.2) is 35.3 Å². The standard InChI is InChI=1S/C10H18INO/c1-2-10-9-5-12(7-11)4-3-8(9)6-13-10/h8-10H,2-7H2,1H3. The molecule has 2 saturated heterocycles. The molecular formula is C10H18INO. The van der Waals surface area contributed by atoms with Crippen LogP contribution in [0.25, 0.3) is 0 Å². The fourth-order valence-electron chi connectivity index (χ4n) is 2.63. The van der Waals surface area contributed by atoms with E-state index in [2.05, 4.69) is 34.4 Å². The third kappa shape index (κ3) is 2.02. The second-order valence-electron chi connectivity index (χ2n) is 4.19. The van der Waals surface area contributed by atoms with E-state index in [1.165, 1.54) is 30.5 Å². The summed E-state index contributed by atoms with van der Waals surface area (Å²) in [5.74, 6) is 1.69. The van der Waals surface area contributed by atoms with Crippen molar-refractivity contribution in [2.45, 2.75) is 25.9 Å². The third-order valence-corrected chi connectivity index (χ3v) is 4.43. The third-order valence-electron chi connectivity index (χ3n) is 3.46. The molecule has 3 heteroatoms. The maximum Gasteiger partial charge on any atom is 0.0616 e. The van der Waals surface area contributed by atoms with Crippen LogP contribution in [0.4, 0.5) is 0 Å². The van der Waals surface area contributed by atoms with Gasteiger partial charge in [-0.3, -0.25) is 4.90 Å². The van der Waals surface area contributed by atoms with Crippen LogP contribution >= 0.6 is 22.6 Å². The molecule has 3 atom stereocenters.